The van der Waals surface area contributed by atoms with Gasteiger partial charge in [0.15, 0.2) is 9.84 Å². The molecule has 196 valence electrons. The summed E-state index contributed by atoms with van der Waals surface area (Å²) in [6.07, 6.45) is 3.01. The van der Waals surface area contributed by atoms with Gasteiger partial charge in [0.1, 0.15) is 23.8 Å². The monoisotopic (exact) mass is 522 g/mol. The normalized spacial score (nSPS) is 15.5. The number of halogens is 1. The van der Waals surface area contributed by atoms with E-state index in [0.29, 0.717) is 37.4 Å². The van der Waals surface area contributed by atoms with Crippen molar-refractivity contribution in [1.29, 1.82) is 0 Å². The molecule has 1 aliphatic rings. The molecule has 0 atom stereocenters. The molecular weight excluding hydrogens is 491 g/mol. The smallest absolute Gasteiger partial charge is 0.410 e. The number of carbonyl (C=O) groups is 1. The number of nitrogens with zero attached hydrogens (tertiary/aromatic N) is 4. The van der Waals surface area contributed by atoms with Gasteiger partial charge in [-0.2, -0.15) is 4.98 Å². The maximum absolute atomic E-state index is 14.4. The van der Waals surface area contributed by atoms with Crippen molar-refractivity contribution in [3.8, 4) is 11.8 Å². The quantitative estimate of drug-likeness (QED) is 0.414. The summed E-state index contributed by atoms with van der Waals surface area (Å²) < 4.78 is 49.1. The second kappa shape index (κ2) is 10.8. The molecule has 1 amide bonds. The molecule has 1 aliphatic heterocycles. The van der Waals surface area contributed by atoms with Gasteiger partial charge in [0.2, 0.25) is 5.88 Å². The Balaban J connectivity index is 1.64. The van der Waals surface area contributed by atoms with Crippen molar-refractivity contribution >= 4 is 21.6 Å². The maximum atomic E-state index is 14.4. The highest BCUT2D eigenvalue weighted by atomic mass is 32.2. The first-order chi connectivity index (χ1) is 16.7. The first-order valence-corrected chi connectivity index (χ1v) is 13.3. The minimum atomic E-state index is -3.53. The van der Waals surface area contributed by atoms with Crippen LogP contribution in [-0.2, 0) is 14.6 Å². The molecule has 36 heavy (non-hydrogen) atoms. The van der Waals surface area contributed by atoms with Crippen molar-refractivity contribution in [2.45, 2.75) is 64.1 Å². The van der Waals surface area contributed by atoms with Gasteiger partial charge >= 0.3 is 6.09 Å². The molecule has 0 bridgehead atoms. The van der Waals surface area contributed by atoms with Crippen molar-refractivity contribution in [2.75, 3.05) is 19.3 Å². The summed E-state index contributed by atoms with van der Waals surface area (Å²) in [4.78, 5) is 27.5. The van der Waals surface area contributed by atoms with Crippen LogP contribution < -0.4 is 9.57 Å². The Morgan fingerprint density at radius 2 is 1.81 bits per heavy atom. The molecular formula is C24H31FN4O6S. The molecule has 0 saturated carbocycles. The van der Waals surface area contributed by atoms with E-state index in [-0.39, 0.29) is 34.2 Å². The first kappa shape index (κ1) is 27.3. The lowest BCUT2D eigenvalue weighted by molar-refractivity contribution is 0.0122. The molecule has 1 saturated heterocycles. The van der Waals surface area contributed by atoms with Gasteiger partial charge in [0, 0.05) is 37.8 Å². The van der Waals surface area contributed by atoms with Crippen LogP contribution in [0.1, 0.15) is 51.7 Å². The lowest BCUT2D eigenvalue weighted by Crippen LogP contribution is -2.44. The van der Waals surface area contributed by atoms with Crippen LogP contribution in [-0.4, -0.2) is 66.1 Å². The molecule has 1 aromatic carbocycles. The summed E-state index contributed by atoms with van der Waals surface area (Å²) in [6, 6.07) is 3.58. The zero-order valence-corrected chi connectivity index (χ0v) is 22.1. The van der Waals surface area contributed by atoms with Gasteiger partial charge in [-0.1, -0.05) is 5.16 Å². The average Bonchev–Trinajstić information content (AvgIpc) is 2.78. The van der Waals surface area contributed by atoms with Crippen LogP contribution in [0, 0.1) is 12.7 Å². The lowest BCUT2D eigenvalue weighted by atomic mass is 10.1. The molecule has 2 aromatic rings. The van der Waals surface area contributed by atoms with Gasteiger partial charge in [0.25, 0.3) is 5.88 Å². The van der Waals surface area contributed by atoms with Crippen LogP contribution >= 0.6 is 0 Å². The van der Waals surface area contributed by atoms with E-state index in [2.05, 4.69) is 15.1 Å². The maximum Gasteiger partial charge on any atom is 0.410 e. The molecule has 0 N–H and O–H groups in total. The number of rotatable bonds is 6. The molecule has 1 fully saturated rings. The molecule has 0 radical (unpaired) electrons. The Hall–Kier alpha value is -3.28. The van der Waals surface area contributed by atoms with Gasteiger partial charge in [-0.15, -0.1) is 0 Å². The van der Waals surface area contributed by atoms with Crippen LogP contribution in [0.3, 0.4) is 0 Å². The van der Waals surface area contributed by atoms with Crippen LogP contribution in [0.15, 0.2) is 34.6 Å². The third-order valence-corrected chi connectivity index (χ3v) is 6.50. The van der Waals surface area contributed by atoms with Crippen LogP contribution in [0.4, 0.5) is 9.18 Å². The number of ether oxygens (including phenoxy) is 2. The molecule has 2 heterocycles. The molecule has 3 rings (SSSR count). The number of aromatic nitrogens is 2. The second-order valence-corrected chi connectivity index (χ2v) is 11.6. The van der Waals surface area contributed by atoms with Crippen LogP contribution in [0.5, 0.6) is 11.8 Å². The number of likely N-dealkylation sites (tertiary alicyclic amines) is 1. The molecule has 0 aliphatic carbocycles. The number of hydrogen-bond acceptors (Lipinski definition) is 9. The number of hydrogen-bond donors (Lipinski definition) is 0. The van der Waals surface area contributed by atoms with E-state index in [0.717, 1.165) is 12.3 Å². The predicted molar refractivity (Wildman–Crippen MR) is 131 cm³/mol. The number of sulfone groups is 1. The van der Waals surface area contributed by atoms with Gasteiger partial charge in [0.05, 0.1) is 16.2 Å². The SMILES string of the molecule is C/C(=N/Oc1ncnc(OC2CCN(C(=O)OC(C)(C)C)CC2)c1C)c1ccc(S(C)(=O)=O)cc1F. The third kappa shape index (κ3) is 7.12. The summed E-state index contributed by atoms with van der Waals surface area (Å²) in [5.74, 6) is -0.269. The Morgan fingerprint density at radius 3 is 2.39 bits per heavy atom. The topological polar surface area (TPSA) is 120 Å². The minimum absolute atomic E-state index is 0.0994. The Kier molecular flexibility index (Phi) is 8.17. The molecule has 12 heteroatoms. The summed E-state index contributed by atoms with van der Waals surface area (Å²) in [7, 11) is -3.53. The van der Waals surface area contributed by atoms with Crippen molar-refractivity contribution in [3.05, 3.63) is 41.5 Å². The number of piperidine rings is 1. The highest BCUT2D eigenvalue weighted by Gasteiger charge is 2.28. The van der Waals surface area contributed by atoms with E-state index in [1.165, 1.54) is 25.4 Å². The van der Waals surface area contributed by atoms with Gasteiger partial charge in [-0.05, 0) is 52.8 Å². The van der Waals surface area contributed by atoms with Crippen LogP contribution in [0.25, 0.3) is 0 Å². The Bertz CT molecular complexity index is 1250. The summed E-state index contributed by atoms with van der Waals surface area (Å²) in [5.41, 5.74) is 0.256. The highest BCUT2D eigenvalue weighted by molar-refractivity contribution is 7.90. The van der Waals surface area contributed by atoms with E-state index in [9.17, 15) is 17.6 Å². The lowest BCUT2D eigenvalue weighted by Gasteiger charge is -2.33. The highest BCUT2D eigenvalue weighted by Crippen LogP contribution is 2.26. The number of oxime groups is 1. The fourth-order valence-corrected chi connectivity index (χ4v) is 4.08. The zero-order chi connectivity index (χ0) is 26.7. The van der Waals surface area contributed by atoms with Gasteiger partial charge < -0.3 is 19.2 Å². The Morgan fingerprint density at radius 1 is 1.17 bits per heavy atom. The van der Waals surface area contributed by atoms with E-state index in [4.69, 9.17) is 14.3 Å². The van der Waals surface area contributed by atoms with E-state index in [1.807, 2.05) is 20.8 Å². The fraction of sp³-hybridized carbons (Fsp3) is 0.500. The largest absolute Gasteiger partial charge is 0.474 e. The van der Waals surface area contributed by atoms with Crippen molar-refractivity contribution in [1.82, 2.24) is 14.9 Å². The molecule has 0 spiro atoms. The van der Waals surface area contributed by atoms with Crippen molar-refractivity contribution in [2.24, 2.45) is 5.16 Å². The van der Waals surface area contributed by atoms with Gasteiger partial charge in [-0.25, -0.2) is 22.6 Å². The van der Waals surface area contributed by atoms with E-state index >= 15 is 0 Å². The zero-order valence-electron chi connectivity index (χ0n) is 21.2. The fourth-order valence-electron chi connectivity index (χ4n) is 3.45. The van der Waals surface area contributed by atoms with Crippen molar-refractivity contribution < 1.29 is 31.9 Å². The third-order valence-electron chi connectivity index (χ3n) is 5.39. The average molecular weight is 523 g/mol. The minimum Gasteiger partial charge on any atom is -0.474 e. The summed E-state index contributed by atoms with van der Waals surface area (Å²) in [6.45, 7) is 9.73. The molecule has 1 aromatic heterocycles. The van der Waals surface area contributed by atoms with Crippen LogP contribution in [0.2, 0.25) is 0 Å². The number of benzene rings is 1. The second-order valence-electron chi connectivity index (χ2n) is 9.58. The Labute approximate surface area is 210 Å². The summed E-state index contributed by atoms with van der Waals surface area (Å²) >= 11 is 0. The van der Waals surface area contributed by atoms with E-state index in [1.54, 1.807) is 11.8 Å². The van der Waals surface area contributed by atoms with Crippen molar-refractivity contribution in [3.63, 3.8) is 0 Å². The molecule has 0 unspecified atom stereocenters. The summed E-state index contributed by atoms with van der Waals surface area (Å²) in [5, 5.41) is 3.95. The number of carbonyl (C=O) groups excluding carboxylic acids is 1. The van der Waals surface area contributed by atoms with Gasteiger partial charge in [-0.3, -0.25) is 0 Å². The first-order valence-electron chi connectivity index (χ1n) is 11.4. The molecule has 10 nitrogen and oxygen atoms in total. The van der Waals surface area contributed by atoms with E-state index < -0.39 is 21.3 Å². The predicted octanol–water partition coefficient (Wildman–Crippen LogP) is 3.91. The number of amides is 1. The standard InChI is InChI=1S/C24H31FN4O6S/c1-15-21(33-17-9-11-29(12-10-17)23(30)34-24(3,4)5)26-14-27-22(15)35-28-16(2)19-8-7-18(13-20(19)25)36(6,31)32/h7-8,13-14,17H,9-12H2,1-6H3/b28-16-.